The van der Waals surface area contributed by atoms with Crippen LogP contribution < -0.4 is 14.8 Å². The summed E-state index contributed by atoms with van der Waals surface area (Å²) in [6.45, 7) is 2.57. The molecule has 0 spiro atoms. The Hall–Kier alpha value is -2.82. The molecule has 0 unspecified atom stereocenters. The fraction of sp³-hybridized carbons (Fsp3) is 0.176. The lowest BCUT2D eigenvalue weighted by atomic mass is 10.2. The van der Waals surface area contributed by atoms with Gasteiger partial charge in [-0.3, -0.25) is 9.78 Å². The summed E-state index contributed by atoms with van der Waals surface area (Å²) in [7, 11) is 0. The molecule has 5 heteroatoms. The molecule has 1 aromatic carbocycles. The first-order valence-corrected chi connectivity index (χ1v) is 6.99. The number of carbonyl (C=O) groups excluding carboxylic acids is 1. The van der Waals surface area contributed by atoms with Crippen molar-refractivity contribution in [1.82, 2.24) is 10.3 Å². The number of aromatic nitrogens is 1. The standard InChI is InChI=1S/C17H16N2O3/c1-12-3-2-4-14(19-12)10-18-17(20)8-6-13-5-7-15-16(9-13)22-11-21-15/h2-9H,10-11H2,1H3,(H,18,20)/b8-6+. The molecule has 0 bridgehead atoms. The van der Waals surface area contributed by atoms with Crippen LogP contribution in [0.1, 0.15) is 17.0 Å². The molecule has 2 aromatic rings. The Labute approximate surface area is 128 Å². The molecule has 112 valence electrons. The molecule has 0 radical (unpaired) electrons. The monoisotopic (exact) mass is 296 g/mol. The van der Waals surface area contributed by atoms with Gasteiger partial charge in [0.05, 0.1) is 12.2 Å². The largest absolute Gasteiger partial charge is 0.454 e. The van der Waals surface area contributed by atoms with E-state index in [4.69, 9.17) is 9.47 Å². The lowest BCUT2D eigenvalue weighted by Gasteiger charge is -2.02. The van der Waals surface area contributed by atoms with Gasteiger partial charge in [-0.2, -0.15) is 0 Å². The van der Waals surface area contributed by atoms with Gasteiger partial charge in [-0.15, -0.1) is 0 Å². The molecule has 3 rings (SSSR count). The van der Waals surface area contributed by atoms with E-state index in [1.165, 1.54) is 6.08 Å². The Morgan fingerprint density at radius 3 is 3.00 bits per heavy atom. The zero-order valence-electron chi connectivity index (χ0n) is 12.2. The van der Waals surface area contributed by atoms with Crippen LogP contribution in [0.25, 0.3) is 6.08 Å². The number of nitrogens with zero attached hydrogens (tertiary/aromatic N) is 1. The predicted molar refractivity (Wildman–Crippen MR) is 82.4 cm³/mol. The van der Waals surface area contributed by atoms with Crippen molar-refractivity contribution in [1.29, 1.82) is 0 Å². The molecule has 0 atom stereocenters. The van der Waals surface area contributed by atoms with Crippen molar-refractivity contribution in [2.24, 2.45) is 0 Å². The summed E-state index contributed by atoms with van der Waals surface area (Å²) < 4.78 is 10.5. The third-order valence-electron chi connectivity index (χ3n) is 3.21. The number of benzene rings is 1. The minimum atomic E-state index is -0.166. The molecular weight excluding hydrogens is 280 g/mol. The summed E-state index contributed by atoms with van der Waals surface area (Å²) in [6.07, 6.45) is 3.23. The van der Waals surface area contributed by atoms with E-state index in [1.807, 2.05) is 43.3 Å². The van der Waals surface area contributed by atoms with Crippen LogP contribution in [0.4, 0.5) is 0 Å². The average Bonchev–Trinajstić information content (AvgIpc) is 2.98. The average molecular weight is 296 g/mol. The van der Waals surface area contributed by atoms with Crippen LogP contribution in [0.3, 0.4) is 0 Å². The highest BCUT2D eigenvalue weighted by Gasteiger charge is 2.12. The van der Waals surface area contributed by atoms with Gasteiger partial charge in [0, 0.05) is 11.8 Å². The number of fused-ring (bicyclic) bond motifs is 1. The fourth-order valence-electron chi connectivity index (χ4n) is 2.12. The lowest BCUT2D eigenvalue weighted by Crippen LogP contribution is -2.20. The number of carbonyl (C=O) groups is 1. The van der Waals surface area contributed by atoms with Crippen LogP contribution in [0.15, 0.2) is 42.5 Å². The Balaban J connectivity index is 1.57. The Bertz CT molecular complexity index is 726. The summed E-state index contributed by atoms with van der Waals surface area (Å²) in [5.74, 6) is 1.26. The smallest absolute Gasteiger partial charge is 0.244 e. The number of pyridine rings is 1. The molecule has 0 aliphatic carbocycles. The molecule has 1 aliphatic rings. The third kappa shape index (κ3) is 3.44. The predicted octanol–water partition coefficient (Wildman–Crippen LogP) is 2.45. The maximum Gasteiger partial charge on any atom is 0.244 e. The minimum Gasteiger partial charge on any atom is -0.454 e. The summed E-state index contributed by atoms with van der Waals surface area (Å²) in [6, 6.07) is 11.3. The Morgan fingerprint density at radius 1 is 1.27 bits per heavy atom. The van der Waals surface area contributed by atoms with Crippen molar-refractivity contribution in [3.63, 3.8) is 0 Å². The van der Waals surface area contributed by atoms with Crippen molar-refractivity contribution in [3.8, 4) is 11.5 Å². The van der Waals surface area contributed by atoms with Gasteiger partial charge in [-0.05, 0) is 42.8 Å². The number of aryl methyl sites for hydroxylation is 1. The van der Waals surface area contributed by atoms with Gasteiger partial charge < -0.3 is 14.8 Å². The molecule has 22 heavy (non-hydrogen) atoms. The van der Waals surface area contributed by atoms with Crippen molar-refractivity contribution < 1.29 is 14.3 Å². The van der Waals surface area contributed by atoms with Gasteiger partial charge in [0.25, 0.3) is 0 Å². The number of rotatable bonds is 4. The van der Waals surface area contributed by atoms with Crippen LogP contribution >= 0.6 is 0 Å². The van der Waals surface area contributed by atoms with E-state index in [2.05, 4.69) is 10.3 Å². The van der Waals surface area contributed by atoms with E-state index in [9.17, 15) is 4.79 Å². The first kappa shape index (κ1) is 14.1. The zero-order chi connectivity index (χ0) is 15.4. The molecule has 1 aromatic heterocycles. The topological polar surface area (TPSA) is 60.5 Å². The van der Waals surface area contributed by atoms with E-state index in [1.54, 1.807) is 6.08 Å². The second-order valence-electron chi connectivity index (χ2n) is 4.93. The Kier molecular flexibility index (Phi) is 4.05. The summed E-state index contributed by atoms with van der Waals surface area (Å²) in [5.41, 5.74) is 2.65. The SMILES string of the molecule is Cc1cccc(CNC(=O)/C=C/c2ccc3c(c2)OCO3)n1. The number of nitrogens with one attached hydrogen (secondary N) is 1. The highest BCUT2D eigenvalue weighted by molar-refractivity contribution is 5.91. The second-order valence-corrected chi connectivity index (χ2v) is 4.93. The van der Waals surface area contributed by atoms with Crippen molar-refractivity contribution in [2.75, 3.05) is 6.79 Å². The van der Waals surface area contributed by atoms with E-state index < -0.39 is 0 Å². The van der Waals surface area contributed by atoms with Gasteiger partial charge in [-0.25, -0.2) is 0 Å². The number of hydrogen-bond acceptors (Lipinski definition) is 4. The first-order valence-electron chi connectivity index (χ1n) is 6.99. The zero-order valence-corrected chi connectivity index (χ0v) is 12.2. The van der Waals surface area contributed by atoms with Crippen molar-refractivity contribution in [3.05, 3.63) is 59.4 Å². The summed E-state index contributed by atoms with van der Waals surface area (Å²) in [4.78, 5) is 16.2. The van der Waals surface area contributed by atoms with Crippen LogP contribution in [0.5, 0.6) is 11.5 Å². The highest BCUT2D eigenvalue weighted by Crippen LogP contribution is 2.32. The minimum absolute atomic E-state index is 0.166. The van der Waals surface area contributed by atoms with Gasteiger partial charge in [0.15, 0.2) is 11.5 Å². The second kappa shape index (κ2) is 6.30. The van der Waals surface area contributed by atoms with Crippen LogP contribution in [0, 0.1) is 6.92 Å². The van der Waals surface area contributed by atoms with Crippen LogP contribution in [-0.2, 0) is 11.3 Å². The van der Waals surface area contributed by atoms with Crippen molar-refractivity contribution in [2.45, 2.75) is 13.5 Å². The molecule has 0 saturated carbocycles. The highest BCUT2D eigenvalue weighted by atomic mass is 16.7. The molecular formula is C17H16N2O3. The molecule has 0 saturated heterocycles. The maximum atomic E-state index is 11.8. The van der Waals surface area contributed by atoms with Crippen LogP contribution in [0.2, 0.25) is 0 Å². The summed E-state index contributed by atoms with van der Waals surface area (Å²) >= 11 is 0. The number of amides is 1. The molecule has 1 aliphatic heterocycles. The van der Waals surface area contributed by atoms with Crippen LogP contribution in [-0.4, -0.2) is 17.7 Å². The first-order chi connectivity index (χ1) is 10.7. The fourth-order valence-corrected chi connectivity index (χ4v) is 2.12. The lowest BCUT2D eigenvalue weighted by molar-refractivity contribution is -0.116. The van der Waals surface area contributed by atoms with E-state index >= 15 is 0 Å². The molecule has 1 N–H and O–H groups in total. The molecule has 0 fully saturated rings. The molecule has 1 amide bonds. The van der Waals surface area contributed by atoms with Gasteiger partial charge >= 0.3 is 0 Å². The quantitative estimate of drug-likeness (QED) is 0.880. The van der Waals surface area contributed by atoms with E-state index in [-0.39, 0.29) is 12.7 Å². The number of ether oxygens (including phenoxy) is 2. The maximum absolute atomic E-state index is 11.8. The molecule has 2 heterocycles. The van der Waals surface area contributed by atoms with Gasteiger partial charge in [0.1, 0.15) is 0 Å². The summed E-state index contributed by atoms with van der Waals surface area (Å²) in [5, 5.41) is 2.80. The number of hydrogen-bond donors (Lipinski definition) is 1. The van der Waals surface area contributed by atoms with E-state index in [0.717, 1.165) is 22.7 Å². The van der Waals surface area contributed by atoms with Gasteiger partial charge in [-0.1, -0.05) is 12.1 Å². The third-order valence-corrected chi connectivity index (χ3v) is 3.21. The van der Waals surface area contributed by atoms with Crippen molar-refractivity contribution >= 4 is 12.0 Å². The normalized spacial score (nSPS) is 12.6. The van der Waals surface area contributed by atoms with E-state index in [0.29, 0.717) is 12.3 Å². The molecule has 5 nitrogen and oxygen atoms in total. The Morgan fingerprint density at radius 2 is 2.14 bits per heavy atom. The van der Waals surface area contributed by atoms with Gasteiger partial charge in [0.2, 0.25) is 12.7 Å².